The second-order valence-electron chi connectivity index (χ2n) is 4.55. The lowest BCUT2D eigenvalue weighted by Crippen LogP contribution is -2.41. The fraction of sp³-hybridized carbons (Fsp3) is 0.750. The average Bonchev–Trinajstić information content (AvgIpc) is 2.82. The summed E-state index contributed by atoms with van der Waals surface area (Å²) in [5.41, 5.74) is 0. The predicted octanol–water partition coefficient (Wildman–Crippen LogP) is 1.74. The van der Waals surface area contributed by atoms with Crippen LogP contribution in [0.4, 0.5) is 0 Å². The van der Waals surface area contributed by atoms with Gasteiger partial charge in [0.25, 0.3) is 5.91 Å². The number of amides is 1. The predicted molar refractivity (Wildman–Crippen MR) is 69.8 cm³/mol. The number of piperidine rings is 1. The molecule has 1 fully saturated rings. The Bertz CT molecular complexity index is 408. The molecular formula is C12H19N3O2S. The Morgan fingerprint density at radius 3 is 3.06 bits per heavy atom. The molecule has 1 aliphatic heterocycles. The highest BCUT2D eigenvalue weighted by Crippen LogP contribution is 2.20. The van der Waals surface area contributed by atoms with E-state index in [0.29, 0.717) is 10.9 Å². The molecular weight excluding hydrogens is 250 g/mol. The molecule has 1 aliphatic rings. The first kappa shape index (κ1) is 13.4. The molecule has 2 heterocycles. The number of carbonyl (C=O) groups is 1. The molecule has 1 saturated heterocycles. The van der Waals surface area contributed by atoms with Crippen LogP contribution in [0, 0.1) is 12.8 Å². The smallest absolute Gasteiger partial charge is 0.284 e. The van der Waals surface area contributed by atoms with E-state index in [1.807, 2.05) is 18.7 Å². The number of rotatable bonds is 4. The molecule has 0 aromatic carbocycles. The third-order valence-corrected chi connectivity index (χ3v) is 3.90. The molecule has 1 aromatic heterocycles. The van der Waals surface area contributed by atoms with E-state index in [2.05, 4.69) is 10.2 Å². The van der Waals surface area contributed by atoms with Crippen molar-refractivity contribution in [2.45, 2.75) is 26.7 Å². The van der Waals surface area contributed by atoms with Gasteiger partial charge in [-0.3, -0.25) is 4.79 Å². The summed E-state index contributed by atoms with van der Waals surface area (Å²) in [5.74, 6) is 0.471. The van der Waals surface area contributed by atoms with Crippen LogP contribution in [0.25, 0.3) is 0 Å². The molecule has 0 radical (unpaired) electrons. The van der Waals surface area contributed by atoms with E-state index < -0.39 is 0 Å². The quantitative estimate of drug-likeness (QED) is 0.835. The average molecular weight is 269 g/mol. The monoisotopic (exact) mass is 269 g/mol. The molecule has 0 N–H and O–H groups in total. The number of aryl methyl sites for hydroxylation is 1. The van der Waals surface area contributed by atoms with Gasteiger partial charge < -0.3 is 9.64 Å². The summed E-state index contributed by atoms with van der Waals surface area (Å²) >= 11 is 1.36. The molecule has 2 rings (SSSR count). The maximum Gasteiger partial charge on any atom is 0.284 e. The number of hydrogen-bond donors (Lipinski definition) is 0. The summed E-state index contributed by atoms with van der Waals surface area (Å²) in [6.45, 7) is 6.94. The summed E-state index contributed by atoms with van der Waals surface area (Å²) < 4.78 is 5.45. The van der Waals surface area contributed by atoms with Crippen LogP contribution in [0.5, 0.6) is 0 Å². The van der Waals surface area contributed by atoms with Gasteiger partial charge in [-0.15, -0.1) is 10.2 Å². The van der Waals surface area contributed by atoms with Crippen LogP contribution < -0.4 is 0 Å². The zero-order valence-electron chi connectivity index (χ0n) is 10.9. The van der Waals surface area contributed by atoms with Gasteiger partial charge in [-0.1, -0.05) is 11.3 Å². The van der Waals surface area contributed by atoms with E-state index in [9.17, 15) is 4.79 Å². The maximum atomic E-state index is 12.2. The molecule has 5 nitrogen and oxygen atoms in total. The van der Waals surface area contributed by atoms with E-state index >= 15 is 0 Å². The van der Waals surface area contributed by atoms with Crippen LogP contribution in [0.3, 0.4) is 0 Å². The molecule has 0 spiro atoms. The third-order valence-electron chi connectivity index (χ3n) is 3.07. The Balaban J connectivity index is 1.94. The van der Waals surface area contributed by atoms with Gasteiger partial charge in [0.1, 0.15) is 5.01 Å². The summed E-state index contributed by atoms with van der Waals surface area (Å²) in [7, 11) is 0. The van der Waals surface area contributed by atoms with Gasteiger partial charge in [-0.2, -0.15) is 0 Å². The summed E-state index contributed by atoms with van der Waals surface area (Å²) in [5, 5.41) is 9.16. The molecule has 6 heteroatoms. The molecule has 0 aliphatic carbocycles. The third kappa shape index (κ3) is 3.26. The van der Waals surface area contributed by atoms with Crippen molar-refractivity contribution in [3.63, 3.8) is 0 Å². The van der Waals surface area contributed by atoms with Crippen LogP contribution in [0.15, 0.2) is 0 Å². The second kappa shape index (κ2) is 6.24. The van der Waals surface area contributed by atoms with E-state index in [1.54, 1.807) is 0 Å². The van der Waals surface area contributed by atoms with Crippen LogP contribution in [-0.2, 0) is 4.74 Å². The molecule has 100 valence electrons. The zero-order valence-corrected chi connectivity index (χ0v) is 11.7. The Morgan fingerprint density at radius 2 is 2.39 bits per heavy atom. The lowest BCUT2D eigenvalue weighted by molar-refractivity contribution is 0.0500. The van der Waals surface area contributed by atoms with Gasteiger partial charge in [0.15, 0.2) is 0 Å². The minimum atomic E-state index is 0.0156. The van der Waals surface area contributed by atoms with Crippen molar-refractivity contribution in [1.29, 1.82) is 0 Å². The topological polar surface area (TPSA) is 55.3 Å². The van der Waals surface area contributed by atoms with Crippen LogP contribution >= 0.6 is 11.3 Å². The van der Waals surface area contributed by atoms with Crippen molar-refractivity contribution >= 4 is 17.2 Å². The van der Waals surface area contributed by atoms with Crippen LogP contribution in [0.2, 0.25) is 0 Å². The highest BCUT2D eigenvalue weighted by molar-refractivity contribution is 7.13. The molecule has 1 atom stereocenters. The van der Waals surface area contributed by atoms with E-state index in [0.717, 1.165) is 44.2 Å². The Kier molecular flexibility index (Phi) is 4.66. The summed E-state index contributed by atoms with van der Waals surface area (Å²) in [4.78, 5) is 14.1. The molecule has 1 unspecified atom stereocenters. The maximum absolute atomic E-state index is 12.2. The van der Waals surface area contributed by atoms with Gasteiger partial charge >= 0.3 is 0 Å². The Labute approximate surface area is 111 Å². The summed E-state index contributed by atoms with van der Waals surface area (Å²) in [6, 6.07) is 0. The highest BCUT2D eigenvalue weighted by Gasteiger charge is 2.26. The number of nitrogens with zero attached hydrogens (tertiary/aromatic N) is 3. The minimum Gasteiger partial charge on any atom is -0.381 e. The lowest BCUT2D eigenvalue weighted by atomic mass is 9.99. The first-order valence-corrected chi connectivity index (χ1v) is 7.19. The number of likely N-dealkylation sites (tertiary alicyclic amines) is 1. The fourth-order valence-corrected chi connectivity index (χ4v) is 2.85. The van der Waals surface area contributed by atoms with Crippen molar-refractivity contribution in [1.82, 2.24) is 15.1 Å². The molecule has 1 aromatic rings. The largest absolute Gasteiger partial charge is 0.381 e. The zero-order chi connectivity index (χ0) is 13.0. The van der Waals surface area contributed by atoms with Crippen molar-refractivity contribution in [2.75, 3.05) is 26.3 Å². The molecule has 0 bridgehead atoms. The number of carbonyl (C=O) groups excluding carboxylic acids is 1. The van der Waals surface area contributed by atoms with Crippen molar-refractivity contribution < 1.29 is 9.53 Å². The van der Waals surface area contributed by atoms with Gasteiger partial charge in [0.05, 0.1) is 6.61 Å². The number of hydrogen-bond acceptors (Lipinski definition) is 5. The normalized spacial score (nSPS) is 20.1. The molecule has 0 saturated carbocycles. The van der Waals surface area contributed by atoms with Crippen LogP contribution in [-0.4, -0.2) is 47.3 Å². The lowest BCUT2D eigenvalue weighted by Gasteiger charge is -2.31. The first-order chi connectivity index (χ1) is 8.70. The fourth-order valence-electron chi connectivity index (χ4n) is 2.19. The van der Waals surface area contributed by atoms with E-state index in [4.69, 9.17) is 4.74 Å². The molecule has 18 heavy (non-hydrogen) atoms. The van der Waals surface area contributed by atoms with E-state index in [1.165, 1.54) is 11.3 Å². The second-order valence-corrected chi connectivity index (χ2v) is 5.73. The van der Waals surface area contributed by atoms with Crippen LogP contribution in [0.1, 0.15) is 34.6 Å². The van der Waals surface area contributed by atoms with Crippen molar-refractivity contribution in [3.05, 3.63) is 10.0 Å². The SMILES string of the molecule is CCOCC1CCCN(C(=O)c2nnc(C)s2)C1. The minimum absolute atomic E-state index is 0.0156. The molecule has 1 amide bonds. The van der Waals surface area contributed by atoms with Gasteiger partial charge in [0, 0.05) is 19.7 Å². The van der Waals surface area contributed by atoms with Crippen molar-refractivity contribution in [3.8, 4) is 0 Å². The highest BCUT2D eigenvalue weighted by atomic mass is 32.1. The van der Waals surface area contributed by atoms with Gasteiger partial charge in [-0.05, 0) is 32.6 Å². The number of ether oxygens (including phenoxy) is 1. The first-order valence-electron chi connectivity index (χ1n) is 6.37. The Morgan fingerprint density at radius 1 is 1.56 bits per heavy atom. The standard InChI is InChI=1S/C12H19N3O2S/c1-3-17-8-10-5-4-6-15(7-10)12(16)11-14-13-9(2)18-11/h10H,3-8H2,1-2H3. The Hall–Kier alpha value is -1.01. The van der Waals surface area contributed by atoms with Gasteiger partial charge in [-0.25, -0.2) is 0 Å². The van der Waals surface area contributed by atoms with Crippen molar-refractivity contribution in [2.24, 2.45) is 5.92 Å². The van der Waals surface area contributed by atoms with E-state index in [-0.39, 0.29) is 5.91 Å². The number of aromatic nitrogens is 2. The van der Waals surface area contributed by atoms with Gasteiger partial charge in [0.2, 0.25) is 5.01 Å². The summed E-state index contributed by atoms with van der Waals surface area (Å²) in [6.07, 6.45) is 2.18.